The molecule has 5 heteroatoms. The smallest absolute Gasteiger partial charge is 0.133 e. The van der Waals surface area contributed by atoms with Crippen LogP contribution in [-0.4, -0.2) is 17.0 Å². The fourth-order valence-electron chi connectivity index (χ4n) is 1.60. The van der Waals surface area contributed by atoms with Crippen LogP contribution >= 0.6 is 23.1 Å². The van der Waals surface area contributed by atoms with Gasteiger partial charge in [0.2, 0.25) is 0 Å². The molecule has 0 fully saturated rings. The molecule has 0 aliphatic rings. The van der Waals surface area contributed by atoms with Gasteiger partial charge < -0.3 is 5.32 Å². The third kappa shape index (κ3) is 2.79. The number of nitrogens with one attached hydrogen (secondary N) is 1. The molecule has 0 radical (unpaired) electrons. The maximum absolute atomic E-state index is 4.40. The topological polar surface area (TPSA) is 37.8 Å². The predicted molar refractivity (Wildman–Crippen MR) is 74.1 cm³/mol. The molecular weight excluding hydrogens is 250 g/mol. The van der Waals surface area contributed by atoms with Gasteiger partial charge in [0.1, 0.15) is 17.2 Å². The Labute approximate surface area is 110 Å². The van der Waals surface area contributed by atoms with Gasteiger partial charge in [-0.25, -0.2) is 9.97 Å². The van der Waals surface area contributed by atoms with Gasteiger partial charge in [0, 0.05) is 12.6 Å². The Balaban J connectivity index is 2.39. The van der Waals surface area contributed by atoms with E-state index >= 15 is 0 Å². The number of thiophene rings is 1. The summed E-state index contributed by atoms with van der Waals surface area (Å²) in [6.07, 6.45) is 1.62. The number of rotatable bonds is 4. The first-order chi connectivity index (χ1) is 8.22. The number of hydrogen-bond donors (Lipinski definition) is 1. The molecule has 2 heterocycles. The highest BCUT2D eigenvalue weighted by atomic mass is 32.2. The second-order valence-electron chi connectivity index (χ2n) is 3.88. The van der Waals surface area contributed by atoms with Gasteiger partial charge in [-0.2, -0.15) is 0 Å². The van der Waals surface area contributed by atoms with E-state index in [1.165, 1.54) is 9.77 Å². The molecule has 1 N–H and O–H groups in total. The van der Waals surface area contributed by atoms with Crippen LogP contribution < -0.4 is 5.32 Å². The lowest BCUT2D eigenvalue weighted by Gasteiger charge is -2.14. The third-order valence-electron chi connectivity index (χ3n) is 2.35. The number of anilines is 1. The Bertz CT molecular complexity index is 481. The minimum absolute atomic E-state index is 0.404. The lowest BCUT2D eigenvalue weighted by Crippen LogP contribution is -2.03. The molecule has 0 amide bonds. The van der Waals surface area contributed by atoms with Crippen LogP contribution in [0.25, 0.3) is 0 Å². The molecule has 17 heavy (non-hydrogen) atoms. The van der Waals surface area contributed by atoms with Gasteiger partial charge in [-0.3, -0.25) is 0 Å². The van der Waals surface area contributed by atoms with Gasteiger partial charge in [-0.15, -0.1) is 11.3 Å². The van der Waals surface area contributed by atoms with E-state index in [1.807, 2.05) is 7.05 Å². The molecule has 0 aliphatic heterocycles. The fraction of sp³-hybridized carbons (Fsp3) is 0.333. The highest BCUT2D eigenvalue weighted by Gasteiger charge is 2.15. The van der Waals surface area contributed by atoms with E-state index in [0.29, 0.717) is 5.92 Å². The molecule has 0 saturated carbocycles. The molecular formula is C12H15N3S2. The van der Waals surface area contributed by atoms with Gasteiger partial charge in [-0.05, 0) is 17.4 Å². The first kappa shape index (κ1) is 12.4. The van der Waals surface area contributed by atoms with Crippen LogP contribution in [-0.2, 0) is 0 Å². The summed E-state index contributed by atoms with van der Waals surface area (Å²) in [4.78, 5) is 8.68. The summed E-state index contributed by atoms with van der Waals surface area (Å²) in [6, 6.07) is 4.17. The minimum atomic E-state index is 0.404. The lowest BCUT2D eigenvalue weighted by atomic mass is 10.1. The summed E-state index contributed by atoms with van der Waals surface area (Å²) in [5.41, 5.74) is 1.19. The second-order valence-corrected chi connectivity index (χ2v) is 6.12. The maximum atomic E-state index is 4.40. The van der Waals surface area contributed by atoms with Gasteiger partial charge in [-0.1, -0.05) is 31.7 Å². The zero-order chi connectivity index (χ0) is 12.3. The standard InChI is InChI=1S/C12H15N3S2/c1-8(2)10-11(13-3)14-7-15-12(10)17-9-5-4-6-16-9/h4-8H,1-3H3,(H,13,14,15). The monoisotopic (exact) mass is 265 g/mol. The molecule has 2 rings (SSSR count). The van der Waals surface area contributed by atoms with Gasteiger partial charge in [0.25, 0.3) is 0 Å². The molecule has 0 saturated heterocycles. The van der Waals surface area contributed by atoms with Crippen molar-refractivity contribution in [3.05, 3.63) is 29.4 Å². The highest BCUT2D eigenvalue weighted by Crippen LogP contribution is 2.36. The van der Waals surface area contributed by atoms with Crippen molar-refractivity contribution in [2.45, 2.75) is 29.0 Å². The molecule has 0 atom stereocenters. The molecule has 3 nitrogen and oxygen atoms in total. The number of hydrogen-bond acceptors (Lipinski definition) is 5. The van der Waals surface area contributed by atoms with Crippen LogP contribution in [0.4, 0.5) is 5.82 Å². The van der Waals surface area contributed by atoms with E-state index in [1.54, 1.807) is 29.4 Å². The molecule has 2 aromatic rings. The largest absolute Gasteiger partial charge is 0.373 e. The average Bonchev–Trinajstić information content (AvgIpc) is 2.81. The molecule has 0 spiro atoms. The van der Waals surface area contributed by atoms with E-state index in [9.17, 15) is 0 Å². The summed E-state index contributed by atoms with van der Waals surface area (Å²) < 4.78 is 1.26. The Morgan fingerprint density at radius 2 is 2.18 bits per heavy atom. The second kappa shape index (κ2) is 5.51. The van der Waals surface area contributed by atoms with E-state index in [2.05, 4.69) is 46.6 Å². The Hall–Kier alpha value is -1.07. The maximum Gasteiger partial charge on any atom is 0.133 e. The fourth-order valence-corrected chi connectivity index (χ4v) is 3.52. The van der Waals surface area contributed by atoms with Crippen molar-refractivity contribution in [2.75, 3.05) is 12.4 Å². The van der Waals surface area contributed by atoms with Crippen LogP contribution in [0.1, 0.15) is 25.3 Å². The van der Waals surface area contributed by atoms with Crippen molar-refractivity contribution < 1.29 is 0 Å². The van der Waals surface area contributed by atoms with Crippen LogP contribution in [0.15, 0.2) is 33.1 Å². The molecule has 0 bridgehead atoms. The quantitative estimate of drug-likeness (QED) is 0.852. The first-order valence-corrected chi connectivity index (χ1v) is 7.16. The van der Waals surface area contributed by atoms with Crippen molar-refractivity contribution in [1.82, 2.24) is 9.97 Å². The normalized spacial score (nSPS) is 10.8. The van der Waals surface area contributed by atoms with Crippen molar-refractivity contribution in [1.29, 1.82) is 0 Å². The number of aromatic nitrogens is 2. The Morgan fingerprint density at radius 1 is 1.35 bits per heavy atom. The van der Waals surface area contributed by atoms with Crippen LogP contribution in [0.2, 0.25) is 0 Å². The van der Waals surface area contributed by atoms with Crippen LogP contribution in [0.5, 0.6) is 0 Å². The lowest BCUT2D eigenvalue weighted by molar-refractivity contribution is 0.806. The summed E-state index contributed by atoms with van der Waals surface area (Å²) in [5, 5.41) is 6.26. The summed E-state index contributed by atoms with van der Waals surface area (Å²) in [6.45, 7) is 4.33. The van der Waals surface area contributed by atoms with E-state index in [-0.39, 0.29) is 0 Å². The van der Waals surface area contributed by atoms with E-state index in [4.69, 9.17) is 0 Å². The van der Waals surface area contributed by atoms with Crippen molar-refractivity contribution >= 4 is 28.9 Å². The molecule has 90 valence electrons. The van der Waals surface area contributed by atoms with Crippen LogP contribution in [0, 0.1) is 0 Å². The van der Waals surface area contributed by atoms with Gasteiger partial charge in [0.15, 0.2) is 0 Å². The average molecular weight is 265 g/mol. The zero-order valence-corrected chi connectivity index (χ0v) is 11.7. The van der Waals surface area contributed by atoms with Gasteiger partial charge in [0.05, 0.1) is 4.21 Å². The third-order valence-corrected chi connectivity index (χ3v) is 4.41. The summed E-state index contributed by atoms with van der Waals surface area (Å²) >= 11 is 3.44. The minimum Gasteiger partial charge on any atom is -0.373 e. The van der Waals surface area contributed by atoms with Crippen molar-refractivity contribution in [2.24, 2.45) is 0 Å². The van der Waals surface area contributed by atoms with E-state index < -0.39 is 0 Å². The van der Waals surface area contributed by atoms with Crippen LogP contribution in [0.3, 0.4) is 0 Å². The van der Waals surface area contributed by atoms with Crippen molar-refractivity contribution in [3.8, 4) is 0 Å². The molecule has 0 aliphatic carbocycles. The SMILES string of the molecule is CNc1ncnc(Sc2cccs2)c1C(C)C. The van der Waals surface area contributed by atoms with Gasteiger partial charge >= 0.3 is 0 Å². The zero-order valence-electron chi connectivity index (χ0n) is 10.1. The highest BCUT2D eigenvalue weighted by molar-refractivity contribution is 8.01. The first-order valence-electron chi connectivity index (χ1n) is 5.46. The van der Waals surface area contributed by atoms with Crippen molar-refractivity contribution in [3.63, 3.8) is 0 Å². The summed E-state index contributed by atoms with van der Waals surface area (Å²) in [7, 11) is 1.90. The van der Waals surface area contributed by atoms with E-state index in [0.717, 1.165) is 10.8 Å². The molecule has 2 aromatic heterocycles. The Kier molecular flexibility index (Phi) is 4.02. The molecule has 0 unspecified atom stereocenters. The number of nitrogens with zero attached hydrogens (tertiary/aromatic N) is 2. The molecule has 0 aromatic carbocycles. The Morgan fingerprint density at radius 3 is 2.76 bits per heavy atom. The summed E-state index contributed by atoms with van der Waals surface area (Å²) in [5.74, 6) is 1.33. The predicted octanol–water partition coefficient (Wildman–Crippen LogP) is 3.85.